The monoisotopic (exact) mass is 106 g/mol. The fraction of sp³-hybridized carbons (Fsp3) is 0.667. The first-order valence-electron chi connectivity index (χ1n) is 1.54. The third kappa shape index (κ3) is 641. The molecule has 0 aromatic heterocycles. The van der Waals surface area contributed by atoms with Crippen LogP contribution in [0.5, 0.6) is 0 Å². The lowest BCUT2D eigenvalue weighted by atomic mass is 10.8. The first-order chi connectivity index (χ1) is 3.33. The predicted octanol–water partition coefficient (Wildman–Crippen LogP) is -1.61. The lowest BCUT2D eigenvalue weighted by Crippen LogP contribution is -1.85. The fourth-order valence-electron chi connectivity index (χ4n) is 0. The van der Waals surface area contributed by atoms with Gasteiger partial charge < -0.3 is 10.2 Å². The molecular formula is C3H6O4. The summed E-state index contributed by atoms with van der Waals surface area (Å²) in [5.41, 5.74) is 0. The van der Waals surface area contributed by atoms with Gasteiger partial charge in [-0.1, -0.05) is 0 Å². The Morgan fingerprint density at radius 2 is 1.29 bits per heavy atom. The molecule has 0 heterocycles. The van der Waals surface area contributed by atoms with Gasteiger partial charge in [-0.3, -0.25) is 0 Å². The van der Waals surface area contributed by atoms with Crippen molar-refractivity contribution in [1.82, 2.24) is 0 Å². The Kier molecular flexibility index (Phi) is 25.3. The lowest BCUT2D eigenvalue weighted by Gasteiger charge is -1.70. The molecule has 0 amide bonds. The summed E-state index contributed by atoms with van der Waals surface area (Å²) in [6.45, 7) is -0.250. The maximum atomic E-state index is 8.12. The molecule has 4 nitrogen and oxygen atoms in total. The zero-order valence-electron chi connectivity index (χ0n) is 3.63. The summed E-state index contributed by atoms with van der Waals surface area (Å²) in [5.74, 6) is 0. The van der Waals surface area contributed by atoms with Gasteiger partial charge in [0.2, 0.25) is 0 Å². The lowest BCUT2D eigenvalue weighted by molar-refractivity contribution is -0.191. The van der Waals surface area contributed by atoms with E-state index in [1.54, 1.807) is 0 Å². The minimum atomic E-state index is -0.125. The number of hydrogen-bond acceptors (Lipinski definition) is 4. The highest BCUT2D eigenvalue weighted by atomic mass is 16.3. The number of hydrogen-bond donors (Lipinski definition) is 2. The maximum absolute atomic E-state index is 8.12. The van der Waals surface area contributed by atoms with E-state index in [0.717, 1.165) is 0 Å². The maximum Gasteiger partial charge on any atom is 0.373 e. The standard InChI is InChI=1S/C2H6O2.CO2/c3-1-2-4;2-1-3/h3-4H,1-2H2;. The highest BCUT2D eigenvalue weighted by Gasteiger charge is 1.58. The fourth-order valence-corrected chi connectivity index (χ4v) is 0. The summed E-state index contributed by atoms with van der Waals surface area (Å²) in [6.07, 6.45) is 0.250. The summed E-state index contributed by atoms with van der Waals surface area (Å²) in [6, 6.07) is 0. The minimum absolute atomic E-state index is 0.125. The molecule has 0 unspecified atom stereocenters. The topological polar surface area (TPSA) is 74.6 Å². The molecule has 7 heavy (non-hydrogen) atoms. The van der Waals surface area contributed by atoms with E-state index < -0.39 is 0 Å². The zero-order valence-corrected chi connectivity index (χ0v) is 3.63. The SMILES string of the molecule is O=C=O.OCCO. The second-order valence-electron chi connectivity index (χ2n) is 0.531. The van der Waals surface area contributed by atoms with Crippen molar-refractivity contribution >= 4 is 6.15 Å². The van der Waals surface area contributed by atoms with E-state index in [2.05, 4.69) is 0 Å². The Bertz CT molecular complexity index is 42.9. The van der Waals surface area contributed by atoms with Crippen LogP contribution in [0, 0.1) is 0 Å². The van der Waals surface area contributed by atoms with E-state index in [4.69, 9.17) is 19.8 Å². The van der Waals surface area contributed by atoms with E-state index in [9.17, 15) is 0 Å². The van der Waals surface area contributed by atoms with Gasteiger partial charge in [0.05, 0.1) is 13.2 Å². The molecule has 0 aliphatic heterocycles. The van der Waals surface area contributed by atoms with Gasteiger partial charge in [0.15, 0.2) is 0 Å². The Hall–Kier alpha value is -0.700. The molecule has 0 fully saturated rings. The van der Waals surface area contributed by atoms with Gasteiger partial charge in [0.1, 0.15) is 0 Å². The highest BCUT2D eigenvalue weighted by molar-refractivity contribution is 5.20. The van der Waals surface area contributed by atoms with Gasteiger partial charge in [-0.15, -0.1) is 0 Å². The molecule has 0 aliphatic rings. The van der Waals surface area contributed by atoms with Crippen LogP contribution >= 0.6 is 0 Å². The molecule has 0 aliphatic carbocycles. The summed E-state index contributed by atoms with van der Waals surface area (Å²) in [4.78, 5) is 16.2. The van der Waals surface area contributed by atoms with Gasteiger partial charge in [-0.05, 0) is 0 Å². The van der Waals surface area contributed by atoms with Crippen LogP contribution in [0.1, 0.15) is 0 Å². The number of rotatable bonds is 1. The first kappa shape index (κ1) is 9.57. The van der Waals surface area contributed by atoms with Crippen molar-refractivity contribution in [3.05, 3.63) is 0 Å². The van der Waals surface area contributed by atoms with Gasteiger partial charge in [0.25, 0.3) is 0 Å². The van der Waals surface area contributed by atoms with E-state index in [1.165, 1.54) is 0 Å². The van der Waals surface area contributed by atoms with E-state index in [1.807, 2.05) is 0 Å². The Morgan fingerprint density at radius 1 is 1.14 bits per heavy atom. The number of carbonyl (C=O) groups excluding carboxylic acids is 2. The molecule has 0 saturated heterocycles. The predicted molar refractivity (Wildman–Crippen MR) is 19.2 cm³/mol. The normalized spacial score (nSPS) is 5.43. The van der Waals surface area contributed by atoms with Crippen molar-refractivity contribution in [2.75, 3.05) is 13.2 Å². The van der Waals surface area contributed by atoms with Gasteiger partial charge in [-0.2, -0.15) is 9.59 Å². The van der Waals surface area contributed by atoms with Crippen molar-refractivity contribution in [2.45, 2.75) is 0 Å². The first-order valence-corrected chi connectivity index (χ1v) is 1.54. The zero-order chi connectivity index (χ0) is 6.12. The molecule has 2 N–H and O–H groups in total. The molecule has 0 aromatic carbocycles. The summed E-state index contributed by atoms with van der Waals surface area (Å²) >= 11 is 0. The third-order valence-corrected chi connectivity index (χ3v) is 0.1000. The minimum Gasteiger partial charge on any atom is -0.394 e. The molecule has 0 spiro atoms. The van der Waals surface area contributed by atoms with Crippen molar-refractivity contribution < 1.29 is 19.8 Å². The largest absolute Gasteiger partial charge is 0.394 e. The summed E-state index contributed by atoms with van der Waals surface area (Å²) < 4.78 is 0. The average Bonchev–Trinajstić information content (AvgIpc) is 1.69. The molecule has 0 radical (unpaired) electrons. The van der Waals surface area contributed by atoms with Crippen molar-refractivity contribution in [1.29, 1.82) is 0 Å². The van der Waals surface area contributed by atoms with Crippen LogP contribution in [0.3, 0.4) is 0 Å². The van der Waals surface area contributed by atoms with E-state index in [-0.39, 0.29) is 19.4 Å². The van der Waals surface area contributed by atoms with Crippen LogP contribution in [-0.4, -0.2) is 29.6 Å². The van der Waals surface area contributed by atoms with Crippen LogP contribution in [-0.2, 0) is 9.59 Å². The average molecular weight is 106 g/mol. The van der Waals surface area contributed by atoms with Crippen LogP contribution < -0.4 is 0 Å². The van der Waals surface area contributed by atoms with Crippen LogP contribution in [0.4, 0.5) is 0 Å². The molecule has 0 bridgehead atoms. The van der Waals surface area contributed by atoms with Crippen LogP contribution in [0.25, 0.3) is 0 Å². The van der Waals surface area contributed by atoms with Gasteiger partial charge >= 0.3 is 6.15 Å². The van der Waals surface area contributed by atoms with Gasteiger partial charge in [0, 0.05) is 0 Å². The Labute approximate surface area is 40.4 Å². The van der Waals surface area contributed by atoms with Crippen molar-refractivity contribution in [3.63, 3.8) is 0 Å². The van der Waals surface area contributed by atoms with Crippen LogP contribution in [0.2, 0.25) is 0 Å². The molecule has 4 heteroatoms. The quantitative estimate of drug-likeness (QED) is 0.421. The van der Waals surface area contributed by atoms with E-state index in [0.29, 0.717) is 0 Å². The summed E-state index contributed by atoms with van der Waals surface area (Å²) in [7, 11) is 0. The second-order valence-corrected chi connectivity index (χ2v) is 0.531. The third-order valence-electron chi connectivity index (χ3n) is 0.1000. The summed E-state index contributed by atoms with van der Waals surface area (Å²) in [5, 5.41) is 15.2. The second kappa shape index (κ2) is 18.5. The van der Waals surface area contributed by atoms with Crippen LogP contribution in [0.15, 0.2) is 0 Å². The molecule has 0 aromatic rings. The van der Waals surface area contributed by atoms with Crippen molar-refractivity contribution in [3.8, 4) is 0 Å². The Balaban J connectivity index is 0. The number of aliphatic hydroxyl groups is 2. The van der Waals surface area contributed by atoms with Gasteiger partial charge in [-0.25, -0.2) is 0 Å². The molecule has 0 atom stereocenters. The number of aliphatic hydroxyl groups excluding tert-OH is 2. The highest BCUT2D eigenvalue weighted by Crippen LogP contribution is 1.39. The van der Waals surface area contributed by atoms with E-state index >= 15 is 0 Å². The molecule has 0 saturated carbocycles. The Morgan fingerprint density at radius 3 is 1.29 bits per heavy atom. The molecule has 0 rings (SSSR count). The van der Waals surface area contributed by atoms with Crippen molar-refractivity contribution in [2.24, 2.45) is 0 Å². The smallest absolute Gasteiger partial charge is 0.373 e. The molecular weight excluding hydrogens is 100 g/mol. The molecule has 42 valence electrons.